The highest BCUT2D eigenvalue weighted by molar-refractivity contribution is 5.24. The van der Waals surface area contributed by atoms with Crippen LogP contribution in [0.15, 0.2) is 18.7 Å². The van der Waals surface area contributed by atoms with E-state index in [1.165, 1.54) is 6.33 Å². The summed E-state index contributed by atoms with van der Waals surface area (Å²) in [5, 5.41) is 8.74. The fourth-order valence-electron chi connectivity index (χ4n) is 0.686. The van der Waals surface area contributed by atoms with Gasteiger partial charge in [0.1, 0.15) is 6.33 Å². The quantitative estimate of drug-likeness (QED) is 0.601. The Bertz CT molecular complexity index is 271. The second-order valence-corrected chi connectivity index (χ2v) is 2.86. The Morgan fingerprint density at radius 1 is 1.36 bits per heavy atom. The van der Waals surface area contributed by atoms with E-state index in [1.54, 1.807) is 12.4 Å². The monoisotopic (exact) mass is 147 g/mol. The van der Waals surface area contributed by atoms with E-state index >= 15 is 0 Å². The SMILES string of the molecule is CC(C)(C#N)c1cncnc1. The van der Waals surface area contributed by atoms with Gasteiger partial charge in [-0.3, -0.25) is 0 Å². The molecule has 0 amide bonds. The second kappa shape index (κ2) is 2.67. The number of rotatable bonds is 1. The second-order valence-electron chi connectivity index (χ2n) is 2.86. The maximum Gasteiger partial charge on any atom is 0.115 e. The van der Waals surface area contributed by atoms with Crippen molar-refractivity contribution in [2.75, 3.05) is 0 Å². The Labute approximate surface area is 65.7 Å². The molecule has 1 rings (SSSR count). The molecule has 1 heterocycles. The highest BCUT2D eigenvalue weighted by Crippen LogP contribution is 2.19. The van der Waals surface area contributed by atoms with Gasteiger partial charge in [0.25, 0.3) is 0 Å². The van der Waals surface area contributed by atoms with Crippen LogP contribution >= 0.6 is 0 Å². The molecule has 1 aromatic rings. The molecule has 0 aliphatic heterocycles. The topological polar surface area (TPSA) is 49.6 Å². The Morgan fingerprint density at radius 2 is 1.91 bits per heavy atom. The van der Waals surface area contributed by atoms with Crippen molar-refractivity contribution in [3.05, 3.63) is 24.3 Å². The molecule has 11 heavy (non-hydrogen) atoms. The molecule has 0 atom stereocenters. The van der Waals surface area contributed by atoms with Gasteiger partial charge in [-0.05, 0) is 13.8 Å². The molecule has 0 bridgehead atoms. The lowest BCUT2D eigenvalue weighted by molar-refractivity contribution is 0.677. The zero-order valence-corrected chi connectivity index (χ0v) is 6.57. The largest absolute Gasteiger partial charge is 0.244 e. The first-order chi connectivity index (χ1) is 5.17. The standard InChI is InChI=1S/C8H9N3/c1-8(2,5-9)7-3-10-6-11-4-7/h3-4,6H,1-2H3. The summed E-state index contributed by atoms with van der Waals surface area (Å²) in [7, 11) is 0. The maximum atomic E-state index is 8.74. The molecule has 0 aromatic carbocycles. The van der Waals surface area contributed by atoms with Crippen LogP contribution in [0, 0.1) is 11.3 Å². The molecule has 1 aromatic heterocycles. The average molecular weight is 147 g/mol. The lowest BCUT2D eigenvalue weighted by atomic mass is 9.89. The van der Waals surface area contributed by atoms with Crippen LogP contribution in [0.2, 0.25) is 0 Å². The molecule has 3 heteroatoms. The number of hydrogen-bond acceptors (Lipinski definition) is 3. The normalized spacial score (nSPS) is 10.6. The van der Waals surface area contributed by atoms with E-state index in [0.717, 1.165) is 5.56 Å². The molecule has 3 nitrogen and oxygen atoms in total. The van der Waals surface area contributed by atoms with Gasteiger partial charge < -0.3 is 0 Å². The van der Waals surface area contributed by atoms with Gasteiger partial charge in [0.05, 0.1) is 11.5 Å². The van der Waals surface area contributed by atoms with Crippen molar-refractivity contribution in [3.8, 4) is 6.07 Å². The Balaban J connectivity index is 3.05. The first-order valence-electron chi connectivity index (χ1n) is 3.33. The van der Waals surface area contributed by atoms with Crippen LogP contribution in [0.4, 0.5) is 0 Å². The van der Waals surface area contributed by atoms with E-state index < -0.39 is 5.41 Å². The van der Waals surface area contributed by atoms with Crippen molar-refractivity contribution in [2.24, 2.45) is 0 Å². The van der Waals surface area contributed by atoms with Gasteiger partial charge in [0.15, 0.2) is 0 Å². The Hall–Kier alpha value is -1.43. The lowest BCUT2D eigenvalue weighted by Crippen LogP contribution is -2.14. The predicted molar refractivity (Wildman–Crippen MR) is 40.7 cm³/mol. The third-order valence-electron chi connectivity index (χ3n) is 1.56. The van der Waals surface area contributed by atoms with Crippen LogP contribution in [0.5, 0.6) is 0 Å². The van der Waals surface area contributed by atoms with Crippen LogP contribution in [-0.4, -0.2) is 9.97 Å². The van der Waals surface area contributed by atoms with Gasteiger partial charge in [-0.25, -0.2) is 9.97 Å². The van der Waals surface area contributed by atoms with E-state index in [0.29, 0.717) is 0 Å². The van der Waals surface area contributed by atoms with Crippen molar-refractivity contribution < 1.29 is 0 Å². The first kappa shape index (κ1) is 7.67. The molecule has 0 saturated heterocycles. The number of nitriles is 1. The van der Waals surface area contributed by atoms with Crippen molar-refractivity contribution in [1.82, 2.24) is 9.97 Å². The van der Waals surface area contributed by atoms with Gasteiger partial charge >= 0.3 is 0 Å². The van der Waals surface area contributed by atoms with E-state index in [9.17, 15) is 0 Å². The minimum absolute atomic E-state index is 0.485. The average Bonchev–Trinajstić information content (AvgIpc) is 2.06. The van der Waals surface area contributed by atoms with Crippen LogP contribution in [0.3, 0.4) is 0 Å². The molecule has 0 aliphatic rings. The third-order valence-corrected chi connectivity index (χ3v) is 1.56. The lowest BCUT2D eigenvalue weighted by Gasteiger charge is -2.13. The van der Waals surface area contributed by atoms with E-state index in [2.05, 4.69) is 16.0 Å². The summed E-state index contributed by atoms with van der Waals surface area (Å²) in [5.41, 5.74) is 0.365. The van der Waals surface area contributed by atoms with E-state index in [1.807, 2.05) is 13.8 Å². The zero-order valence-electron chi connectivity index (χ0n) is 6.57. The van der Waals surface area contributed by atoms with Crippen LogP contribution < -0.4 is 0 Å². The van der Waals surface area contributed by atoms with Gasteiger partial charge in [-0.1, -0.05) is 0 Å². The highest BCUT2D eigenvalue weighted by Gasteiger charge is 2.19. The summed E-state index contributed by atoms with van der Waals surface area (Å²) < 4.78 is 0. The number of nitrogens with zero attached hydrogens (tertiary/aromatic N) is 3. The van der Waals surface area contributed by atoms with Crippen LogP contribution in [-0.2, 0) is 5.41 Å². The molecular formula is C8H9N3. The van der Waals surface area contributed by atoms with Gasteiger partial charge in [-0.2, -0.15) is 5.26 Å². The number of aromatic nitrogens is 2. The predicted octanol–water partition coefficient (Wildman–Crippen LogP) is 1.28. The summed E-state index contributed by atoms with van der Waals surface area (Å²) in [6, 6.07) is 2.18. The van der Waals surface area contributed by atoms with Crippen molar-refractivity contribution in [3.63, 3.8) is 0 Å². The van der Waals surface area contributed by atoms with Crippen LogP contribution in [0.1, 0.15) is 19.4 Å². The molecule has 0 N–H and O–H groups in total. The fourth-order valence-corrected chi connectivity index (χ4v) is 0.686. The molecule has 0 unspecified atom stereocenters. The summed E-state index contributed by atoms with van der Waals surface area (Å²) in [6.07, 6.45) is 4.78. The highest BCUT2D eigenvalue weighted by atomic mass is 14.8. The van der Waals surface area contributed by atoms with Crippen molar-refractivity contribution in [2.45, 2.75) is 19.3 Å². The third kappa shape index (κ3) is 1.53. The van der Waals surface area contributed by atoms with E-state index in [4.69, 9.17) is 5.26 Å². The fraction of sp³-hybridized carbons (Fsp3) is 0.375. The van der Waals surface area contributed by atoms with Crippen molar-refractivity contribution >= 4 is 0 Å². The van der Waals surface area contributed by atoms with Gasteiger partial charge in [0, 0.05) is 18.0 Å². The molecule has 0 aliphatic carbocycles. The summed E-state index contributed by atoms with van der Waals surface area (Å²) in [6.45, 7) is 3.68. The molecule has 0 fully saturated rings. The first-order valence-corrected chi connectivity index (χ1v) is 3.33. The molecule has 0 radical (unpaired) electrons. The Morgan fingerprint density at radius 3 is 2.36 bits per heavy atom. The minimum Gasteiger partial charge on any atom is -0.244 e. The summed E-state index contributed by atoms with van der Waals surface area (Å²) in [4.78, 5) is 7.67. The molecular weight excluding hydrogens is 138 g/mol. The zero-order chi connectivity index (χ0) is 8.32. The van der Waals surface area contributed by atoms with Gasteiger partial charge in [-0.15, -0.1) is 0 Å². The van der Waals surface area contributed by atoms with Gasteiger partial charge in [0.2, 0.25) is 0 Å². The maximum absolute atomic E-state index is 8.74. The smallest absolute Gasteiger partial charge is 0.115 e. The van der Waals surface area contributed by atoms with E-state index in [-0.39, 0.29) is 0 Å². The summed E-state index contributed by atoms with van der Waals surface area (Å²) in [5.74, 6) is 0. The summed E-state index contributed by atoms with van der Waals surface area (Å²) >= 11 is 0. The van der Waals surface area contributed by atoms with Crippen LogP contribution in [0.25, 0.3) is 0 Å². The minimum atomic E-state index is -0.485. The number of hydrogen-bond donors (Lipinski definition) is 0. The molecule has 56 valence electrons. The van der Waals surface area contributed by atoms with Crippen molar-refractivity contribution in [1.29, 1.82) is 5.26 Å². The molecule has 0 spiro atoms. The molecule has 0 saturated carbocycles. The Kier molecular flexibility index (Phi) is 1.86.